The molecular formula is C20H13BrN2O2S. The summed E-state index contributed by atoms with van der Waals surface area (Å²) >= 11 is 4.91. The number of nitrogens with zero attached hydrogens (tertiary/aromatic N) is 2. The van der Waals surface area contributed by atoms with E-state index in [9.17, 15) is 9.90 Å². The largest absolute Gasteiger partial charge is 0.478 e. The van der Waals surface area contributed by atoms with Crippen LogP contribution in [-0.2, 0) is 0 Å². The first-order chi connectivity index (χ1) is 12.5. The quantitative estimate of drug-likeness (QED) is 0.451. The van der Waals surface area contributed by atoms with E-state index in [4.69, 9.17) is 0 Å². The zero-order valence-electron chi connectivity index (χ0n) is 13.7. The van der Waals surface area contributed by atoms with Gasteiger partial charge in [0.15, 0.2) is 0 Å². The first-order valence-corrected chi connectivity index (χ1v) is 9.50. The third-order valence-corrected chi connectivity index (χ3v) is 5.77. The van der Waals surface area contributed by atoms with Crippen LogP contribution in [0.25, 0.3) is 32.0 Å². The summed E-state index contributed by atoms with van der Waals surface area (Å²) in [6.07, 6.45) is 0. The average Bonchev–Trinajstić information content (AvgIpc) is 3.03. The first kappa shape index (κ1) is 16.9. The van der Waals surface area contributed by atoms with Gasteiger partial charge in [-0.1, -0.05) is 46.3 Å². The highest BCUT2D eigenvalue weighted by atomic mass is 79.9. The van der Waals surface area contributed by atoms with Crippen molar-refractivity contribution in [2.24, 2.45) is 0 Å². The molecule has 0 saturated heterocycles. The van der Waals surface area contributed by atoms with Crippen molar-refractivity contribution in [3.8, 4) is 21.1 Å². The van der Waals surface area contributed by atoms with Gasteiger partial charge in [0, 0.05) is 15.4 Å². The van der Waals surface area contributed by atoms with Crippen molar-refractivity contribution in [1.82, 2.24) is 9.97 Å². The molecule has 4 rings (SSSR count). The molecule has 0 bridgehead atoms. The van der Waals surface area contributed by atoms with Gasteiger partial charge >= 0.3 is 5.97 Å². The number of thiazole rings is 1. The molecular weight excluding hydrogens is 412 g/mol. The predicted octanol–water partition coefficient (Wildman–Crippen LogP) is 5.79. The van der Waals surface area contributed by atoms with E-state index in [1.54, 1.807) is 12.1 Å². The standard InChI is InChI=1S/C20H13BrN2O2S/c1-11-18(26-19(22-11)12-5-3-2-4-6-12)17-10-15(20(24)25)14-9-13(21)7-8-16(14)23-17/h2-10H,1H3,(H,24,25). The van der Waals surface area contributed by atoms with Crippen molar-refractivity contribution >= 4 is 44.1 Å². The molecule has 2 aromatic heterocycles. The number of carboxylic acid groups (broad SMARTS) is 1. The minimum Gasteiger partial charge on any atom is -0.478 e. The Bertz CT molecular complexity index is 1140. The van der Waals surface area contributed by atoms with E-state index in [-0.39, 0.29) is 5.56 Å². The summed E-state index contributed by atoms with van der Waals surface area (Å²) in [5.74, 6) is -0.970. The van der Waals surface area contributed by atoms with Crippen molar-refractivity contribution < 1.29 is 9.90 Å². The maximum absolute atomic E-state index is 11.8. The molecule has 0 spiro atoms. The molecule has 0 radical (unpaired) electrons. The van der Waals surface area contributed by atoms with Crippen LogP contribution in [-0.4, -0.2) is 21.0 Å². The van der Waals surface area contributed by atoms with E-state index in [1.165, 1.54) is 11.3 Å². The Hall–Kier alpha value is -2.57. The monoisotopic (exact) mass is 424 g/mol. The van der Waals surface area contributed by atoms with E-state index in [0.717, 1.165) is 25.6 Å². The van der Waals surface area contributed by atoms with Crippen LogP contribution < -0.4 is 0 Å². The molecule has 26 heavy (non-hydrogen) atoms. The number of halogens is 1. The van der Waals surface area contributed by atoms with Crippen molar-refractivity contribution in [3.63, 3.8) is 0 Å². The normalized spacial score (nSPS) is 11.0. The number of pyridine rings is 1. The maximum atomic E-state index is 11.8. The zero-order chi connectivity index (χ0) is 18.3. The number of carboxylic acids is 1. The molecule has 0 amide bonds. The van der Waals surface area contributed by atoms with E-state index >= 15 is 0 Å². The van der Waals surface area contributed by atoms with Gasteiger partial charge in [-0.05, 0) is 31.2 Å². The van der Waals surface area contributed by atoms with Crippen LogP contribution in [0.2, 0.25) is 0 Å². The highest BCUT2D eigenvalue weighted by Gasteiger charge is 2.17. The fraction of sp³-hybridized carbons (Fsp3) is 0.0500. The van der Waals surface area contributed by atoms with Crippen LogP contribution in [0.4, 0.5) is 0 Å². The molecule has 2 heterocycles. The minimum atomic E-state index is -0.970. The second-order valence-corrected chi connectivity index (χ2v) is 7.74. The Labute approximate surface area is 162 Å². The summed E-state index contributed by atoms with van der Waals surface area (Å²) in [5.41, 5.74) is 3.40. The molecule has 0 aliphatic rings. The summed E-state index contributed by atoms with van der Waals surface area (Å²) in [6, 6.07) is 17.0. The van der Waals surface area contributed by atoms with Crippen LogP contribution in [0.15, 0.2) is 59.1 Å². The second-order valence-electron chi connectivity index (χ2n) is 5.82. The van der Waals surface area contributed by atoms with Crippen molar-refractivity contribution in [3.05, 3.63) is 70.3 Å². The Kier molecular flexibility index (Phi) is 4.30. The van der Waals surface area contributed by atoms with Gasteiger partial charge in [-0.3, -0.25) is 0 Å². The van der Waals surface area contributed by atoms with Gasteiger partial charge < -0.3 is 5.11 Å². The molecule has 0 fully saturated rings. The van der Waals surface area contributed by atoms with Gasteiger partial charge in [0.2, 0.25) is 0 Å². The summed E-state index contributed by atoms with van der Waals surface area (Å²) in [5, 5.41) is 11.2. The molecule has 0 atom stereocenters. The van der Waals surface area contributed by atoms with E-state index in [2.05, 4.69) is 25.9 Å². The molecule has 4 aromatic rings. The Morgan fingerprint density at radius 1 is 1.08 bits per heavy atom. The number of aromatic nitrogens is 2. The maximum Gasteiger partial charge on any atom is 0.336 e. The van der Waals surface area contributed by atoms with Gasteiger partial charge in [0.1, 0.15) is 5.01 Å². The lowest BCUT2D eigenvalue weighted by atomic mass is 10.1. The highest BCUT2D eigenvalue weighted by molar-refractivity contribution is 9.10. The summed E-state index contributed by atoms with van der Waals surface area (Å²) < 4.78 is 0.822. The summed E-state index contributed by atoms with van der Waals surface area (Å²) in [6.45, 7) is 1.92. The zero-order valence-corrected chi connectivity index (χ0v) is 16.1. The van der Waals surface area contributed by atoms with Crippen LogP contribution in [0.1, 0.15) is 16.1 Å². The van der Waals surface area contributed by atoms with E-state index in [0.29, 0.717) is 16.6 Å². The Morgan fingerprint density at radius 2 is 1.85 bits per heavy atom. The molecule has 128 valence electrons. The number of aryl methyl sites for hydroxylation is 1. The fourth-order valence-corrected chi connectivity index (χ4v) is 4.22. The first-order valence-electron chi connectivity index (χ1n) is 7.90. The number of benzene rings is 2. The Balaban J connectivity index is 1.91. The number of hydrogen-bond donors (Lipinski definition) is 1. The van der Waals surface area contributed by atoms with Crippen LogP contribution in [0, 0.1) is 6.92 Å². The molecule has 6 heteroatoms. The molecule has 4 nitrogen and oxygen atoms in total. The number of hydrogen-bond acceptors (Lipinski definition) is 4. The molecule has 2 aromatic carbocycles. The van der Waals surface area contributed by atoms with Crippen LogP contribution >= 0.6 is 27.3 Å². The third-order valence-electron chi connectivity index (χ3n) is 4.05. The van der Waals surface area contributed by atoms with E-state index in [1.807, 2.05) is 49.4 Å². The average molecular weight is 425 g/mol. The molecule has 0 aliphatic carbocycles. The van der Waals surface area contributed by atoms with Gasteiger partial charge in [-0.15, -0.1) is 11.3 Å². The van der Waals surface area contributed by atoms with Gasteiger partial charge in [0.05, 0.1) is 27.3 Å². The van der Waals surface area contributed by atoms with Gasteiger partial charge in [0.25, 0.3) is 0 Å². The minimum absolute atomic E-state index is 0.236. The van der Waals surface area contributed by atoms with Crippen molar-refractivity contribution in [1.29, 1.82) is 0 Å². The lowest BCUT2D eigenvalue weighted by Gasteiger charge is -2.06. The number of aromatic carboxylic acids is 1. The fourth-order valence-electron chi connectivity index (χ4n) is 2.83. The molecule has 0 unspecified atom stereocenters. The lowest BCUT2D eigenvalue weighted by Crippen LogP contribution is -2.00. The number of carbonyl (C=O) groups is 1. The topological polar surface area (TPSA) is 63.1 Å². The van der Waals surface area contributed by atoms with Crippen LogP contribution in [0.3, 0.4) is 0 Å². The summed E-state index contributed by atoms with van der Waals surface area (Å²) in [4.78, 5) is 22.0. The lowest BCUT2D eigenvalue weighted by molar-refractivity contribution is 0.0699. The van der Waals surface area contributed by atoms with Crippen molar-refractivity contribution in [2.75, 3.05) is 0 Å². The van der Waals surface area contributed by atoms with Crippen molar-refractivity contribution in [2.45, 2.75) is 6.92 Å². The third kappa shape index (κ3) is 3.02. The SMILES string of the molecule is Cc1nc(-c2ccccc2)sc1-c1cc(C(=O)O)c2cc(Br)ccc2n1. The smallest absolute Gasteiger partial charge is 0.336 e. The van der Waals surface area contributed by atoms with Gasteiger partial charge in [-0.2, -0.15) is 0 Å². The van der Waals surface area contributed by atoms with Crippen LogP contribution in [0.5, 0.6) is 0 Å². The summed E-state index contributed by atoms with van der Waals surface area (Å²) in [7, 11) is 0. The number of rotatable bonds is 3. The predicted molar refractivity (Wildman–Crippen MR) is 108 cm³/mol. The molecule has 0 saturated carbocycles. The highest BCUT2D eigenvalue weighted by Crippen LogP contribution is 2.36. The Morgan fingerprint density at radius 3 is 2.58 bits per heavy atom. The second kappa shape index (κ2) is 6.63. The van der Waals surface area contributed by atoms with Gasteiger partial charge in [-0.25, -0.2) is 14.8 Å². The van der Waals surface area contributed by atoms with E-state index < -0.39 is 5.97 Å². The number of fused-ring (bicyclic) bond motifs is 1. The molecule has 1 N–H and O–H groups in total. The molecule has 0 aliphatic heterocycles.